The Bertz CT molecular complexity index is 332. The van der Waals surface area contributed by atoms with Gasteiger partial charge < -0.3 is 10.4 Å². The molecule has 0 heterocycles. The van der Waals surface area contributed by atoms with Gasteiger partial charge in [0.2, 0.25) is 0 Å². The lowest BCUT2D eigenvalue weighted by Crippen LogP contribution is -2.25. The van der Waals surface area contributed by atoms with Crippen molar-refractivity contribution in [3.63, 3.8) is 0 Å². The minimum atomic E-state index is -0.859. The van der Waals surface area contributed by atoms with Crippen LogP contribution in [0.4, 0.5) is 5.69 Å². The summed E-state index contributed by atoms with van der Waals surface area (Å²) in [7, 11) is 0. The Morgan fingerprint density at radius 1 is 1.50 bits per heavy atom. The molecule has 1 atom stereocenters. The lowest BCUT2D eigenvalue weighted by molar-refractivity contribution is -0.137. The summed E-state index contributed by atoms with van der Waals surface area (Å²) in [5.74, 6) is -0.859. The van der Waals surface area contributed by atoms with Crippen molar-refractivity contribution in [1.29, 1.82) is 0 Å². The number of hydrogen-bond donors (Lipinski definition) is 2. The fraction of sp³-hybridized carbons (Fsp3) is 0.300. The van der Waals surface area contributed by atoms with Crippen LogP contribution in [0, 0.1) is 6.92 Å². The van der Waals surface area contributed by atoms with E-state index in [0.29, 0.717) is 0 Å². The number of benzene rings is 1. The summed E-state index contributed by atoms with van der Waals surface area (Å²) in [5, 5.41) is 11.6. The van der Waals surface area contributed by atoms with Crippen LogP contribution in [-0.2, 0) is 4.79 Å². The summed E-state index contributed by atoms with van der Waals surface area (Å²) >= 11 is 3.35. The Labute approximate surface area is 91.3 Å². The molecule has 0 bridgehead atoms. The normalized spacial score (nSPS) is 12.2. The molecule has 0 saturated heterocycles. The molecular weight excluding hydrogens is 246 g/mol. The van der Waals surface area contributed by atoms with Gasteiger partial charge in [-0.1, -0.05) is 15.9 Å². The summed E-state index contributed by atoms with van der Waals surface area (Å²) < 4.78 is 0.942. The number of nitrogens with one attached hydrogen (secondary N) is 1. The van der Waals surface area contributed by atoms with Crippen LogP contribution in [0.15, 0.2) is 22.7 Å². The SMILES string of the molecule is Cc1cc(Br)cc(NC(C)C(=O)O)c1. The predicted molar refractivity (Wildman–Crippen MR) is 59.6 cm³/mol. The number of carbonyl (C=O) groups is 1. The van der Waals surface area contributed by atoms with Crippen LogP contribution in [0.5, 0.6) is 0 Å². The van der Waals surface area contributed by atoms with E-state index in [4.69, 9.17) is 5.11 Å². The fourth-order valence-electron chi connectivity index (χ4n) is 1.13. The largest absolute Gasteiger partial charge is 0.480 e. The van der Waals surface area contributed by atoms with E-state index in [1.54, 1.807) is 6.92 Å². The van der Waals surface area contributed by atoms with Crippen molar-refractivity contribution in [2.75, 3.05) is 5.32 Å². The van der Waals surface area contributed by atoms with Crippen molar-refractivity contribution >= 4 is 27.6 Å². The molecule has 0 aliphatic rings. The quantitative estimate of drug-likeness (QED) is 0.876. The topological polar surface area (TPSA) is 49.3 Å². The van der Waals surface area contributed by atoms with E-state index in [2.05, 4.69) is 21.2 Å². The van der Waals surface area contributed by atoms with Gasteiger partial charge in [-0.25, -0.2) is 0 Å². The molecule has 0 spiro atoms. The van der Waals surface area contributed by atoms with Crippen LogP contribution in [0.3, 0.4) is 0 Å². The van der Waals surface area contributed by atoms with E-state index in [-0.39, 0.29) is 0 Å². The molecule has 0 aliphatic carbocycles. The summed E-state index contributed by atoms with van der Waals surface area (Å²) in [6.07, 6.45) is 0. The standard InChI is InChI=1S/C10H12BrNO2/c1-6-3-8(11)5-9(4-6)12-7(2)10(13)14/h3-5,7,12H,1-2H3,(H,13,14). The van der Waals surface area contributed by atoms with Crippen molar-refractivity contribution in [2.45, 2.75) is 19.9 Å². The first-order valence-corrected chi connectivity index (χ1v) is 5.05. The zero-order valence-electron chi connectivity index (χ0n) is 8.04. The van der Waals surface area contributed by atoms with E-state index in [1.807, 2.05) is 25.1 Å². The Morgan fingerprint density at radius 3 is 2.64 bits per heavy atom. The Balaban J connectivity index is 2.81. The van der Waals surface area contributed by atoms with Gasteiger partial charge in [0.05, 0.1) is 0 Å². The predicted octanol–water partition coefficient (Wildman–Crippen LogP) is 2.64. The Kier molecular flexibility index (Phi) is 3.52. The van der Waals surface area contributed by atoms with E-state index in [9.17, 15) is 4.79 Å². The highest BCUT2D eigenvalue weighted by Crippen LogP contribution is 2.19. The van der Waals surface area contributed by atoms with Gasteiger partial charge in [0.15, 0.2) is 0 Å². The van der Waals surface area contributed by atoms with E-state index < -0.39 is 12.0 Å². The van der Waals surface area contributed by atoms with Crippen molar-refractivity contribution in [1.82, 2.24) is 0 Å². The van der Waals surface area contributed by atoms with Crippen LogP contribution in [-0.4, -0.2) is 17.1 Å². The van der Waals surface area contributed by atoms with Gasteiger partial charge in [0.25, 0.3) is 0 Å². The number of rotatable bonds is 3. The van der Waals surface area contributed by atoms with Gasteiger partial charge in [0, 0.05) is 10.2 Å². The number of carboxylic acids is 1. The summed E-state index contributed by atoms with van der Waals surface area (Å²) in [6, 6.07) is 5.15. The number of aliphatic carboxylic acids is 1. The van der Waals surface area contributed by atoms with Gasteiger partial charge >= 0.3 is 5.97 Å². The van der Waals surface area contributed by atoms with Crippen molar-refractivity contribution < 1.29 is 9.90 Å². The minimum Gasteiger partial charge on any atom is -0.480 e. The summed E-state index contributed by atoms with van der Waals surface area (Å²) in [6.45, 7) is 3.57. The Hall–Kier alpha value is -1.03. The lowest BCUT2D eigenvalue weighted by atomic mass is 10.2. The van der Waals surface area contributed by atoms with Gasteiger partial charge in [-0.05, 0) is 37.6 Å². The highest BCUT2D eigenvalue weighted by Gasteiger charge is 2.09. The number of hydrogen-bond acceptors (Lipinski definition) is 2. The van der Waals surface area contributed by atoms with Crippen LogP contribution in [0.2, 0.25) is 0 Å². The van der Waals surface area contributed by atoms with E-state index in [1.165, 1.54) is 0 Å². The average Bonchev–Trinajstić information content (AvgIpc) is 2.01. The average molecular weight is 258 g/mol. The molecule has 0 fully saturated rings. The van der Waals surface area contributed by atoms with Crippen LogP contribution in [0.25, 0.3) is 0 Å². The molecule has 0 aromatic heterocycles. The fourth-order valence-corrected chi connectivity index (χ4v) is 1.74. The van der Waals surface area contributed by atoms with E-state index >= 15 is 0 Å². The second kappa shape index (κ2) is 4.46. The third kappa shape index (κ3) is 3.03. The molecule has 1 aromatic carbocycles. The first-order valence-electron chi connectivity index (χ1n) is 4.25. The number of anilines is 1. The van der Waals surface area contributed by atoms with Crippen LogP contribution in [0.1, 0.15) is 12.5 Å². The zero-order chi connectivity index (χ0) is 10.7. The van der Waals surface area contributed by atoms with Gasteiger partial charge in [-0.2, -0.15) is 0 Å². The second-order valence-electron chi connectivity index (χ2n) is 3.22. The zero-order valence-corrected chi connectivity index (χ0v) is 9.63. The van der Waals surface area contributed by atoms with Crippen LogP contribution >= 0.6 is 15.9 Å². The molecule has 76 valence electrons. The van der Waals surface area contributed by atoms with Gasteiger partial charge in [0.1, 0.15) is 6.04 Å². The molecule has 1 rings (SSSR count). The molecule has 0 radical (unpaired) electrons. The molecule has 1 aromatic rings. The number of halogens is 1. The first kappa shape index (κ1) is 11.0. The number of carboxylic acid groups (broad SMARTS) is 1. The Morgan fingerprint density at radius 2 is 2.14 bits per heavy atom. The van der Waals surface area contributed by atoms with Gasteiger partial charge in [-0.3, -0.25) is 4.79 Å². The third-order valence-corrected chi connectivity index (χ3v) is 2.25. The smallest absolute Gasteiger partial charge is 0.325 e. The van der Waals surface area contributed by atoms with E-state index in [0.717, 1.165) is 15.7 Å². The third-order valence-electron chi connectivity index (χ3n) is 1.80. The summed E-state index contributed by atoms with van der Waals surface area (Å²) in [4.78, 5) is 10.6. The van der Waals surface area contributed by atoms with Crippen molar-refractivity contribution in [2.24, 2.45) is 0 Å². The van der Waals surface area contributed by atoms with Crippen molar-refractivity contribution in [3.05, 3.63) is 28.2 Å². The monoisotopic (exact) mass is 257 g/mol. The molecular formula is C10H12BrNO2. The molecule has 4 heteroatoms. The van der Waals surface area contributed by atoms with Gasteiger partial charge in [-0.15, -0.1) is 0 Å². The maximum atomic E-state index is 10.6. The maximum Gasteiger partial charge on any atom is 0.325 e. The molecule has 14 heavy (non-hydrogen) atoms. The lowest BCUT2D eigenvalue weighted by Gasteiger charge is -2.11. The number of aryl methyl sites for hydroxylation is 1. The molecule has 0 amide bonds. The summed E-state index contributed by atoms with van der Waals surface area (Å²) in [5.41, 5.74) is 1.89. The molecule has 2 N–H and O–H groups in total. The molecule has 0 saturated carbocycles. The first-order chi connectivity index (χ1) is 6.49. The second-order valence-corrected chi connectivity index (χ2v) is 4.14. The highest BCUT2D eigenvalue weighted by molar-refractivity contribution is 9.10. The highest BCUT2D eigenvalue weighted by atomic mass is 79.9. The molecule has 1 unspecified atom stereocenters. The van der Waals surface area contributed by atoms with Crippen molar-refractivity contribution in [3.8, 4) is 0 Å². The minimum absolute atomic E-state index is 0.580. The van der Waals surface area contributed by atoms with Crippen LogP contribution < -0.4 is 5.32 Å². The maximum absolute atomic E-state index is 10.6. The molecule has 0 aliphatic heterocycles. The molecule has 3 nitrogen and oxygen atoms in total.